The predicted molar refractivity (Wildman–Crippen MR) is 70.6 cm³/mol. The third-order valence-corrected chi connectivity index (χ3v) is 3.47. The van der Waals surface area contributed by atoms with Crippen molar-refractivity contribution in [1.29, 1.82) is 0 Å². The summed E-state index contributed by atoms with van der Waals surface area (Å²) in [6.07, 6.45) is 2.22. The Kier molecular flexibility index (Phi) is 4.37. The molecule has 1 amide bonds. The number of nitrogens with zero attached hydrogens (tertiary/aromatic N) is 1. The second-order valence-corrected chi connectivity index (χ2v) is 5.14. The van der Waals surface area contributed by atoms with Crippen molar-refractivity contribution in [1.82, 2.24) is 10.2 Å². The normalized spacial score (nSPS) is 20.2. The molecule has 0 spiro atoms. The Balaban J connectivity index is 1.90. The predicted octanol–water partition coefficient (Wildman–Crippen LogP) is 1.60. The molecule has 1 unspecified atom stereocenters. The van der Waals surface area contributed by atoms with E-state index in [0.717, 1.165) is 32.0 Å². The summed E-state index contributed by atoms with van der Waals surface area (Å²) in [6, 6.07) is 3.56. The summed E-state index contributed by atoms with van der Waals surface area (Å²) >= 11 is 0. The molecule has 0 radical (unpaired) electrons. The number of carbonyl (C=O) groups is 1. The number of hydrogen-bond acceptors (Lipinski definition) is 3. The standard InChI is InChI=1S/C14H19FN2O2/c1-17-6-2-3-10(9-17)8-16-14(19)12-5-4-11(18)7-13(12)15/h4-5,7,10,18H,2-3,6,8-9H2,1H3,(H,16,19). The van der Waals surface area contributed by atoms with Crippen molar-refractivity contribution in [3.8, 4) is 5.75 Å². The largest absolute Gasteiger partial charge is 0.508 e. The maximum atomic E-state index is 13.5. The molecule has 0 saturated carbocycles. The van der Waals surface area contributed by atoms with Gasteiger partial charge in [0.25, 0.3) is 5.91 Å². The van der Waals surface area contributed by atoms with Gasteiger partial charge in [-0.2, -0.15) is 0 Å². The number of halogens is 1. The molecule has 2 rings (SSSR count). The van der Waals surface area contributed by atoms with Gasteiger partial charge < -0.3 is 15.3 Å². The van der Waals surface area contributed by atoms with E-state index in [1.54, 1.807) is 0 Å². The van der Waals surface area contributed by atoms with E-state index < -0.39 is 11.7 Å². The highest BCUT2D eigenvalue weighted by molar-refractivity contribution is 5.94. The SMILES string of the molecule is CN1CCCC(CNC(=O)c2ccc(O)cc2F)C1. The smallest absolute Gasteiger partial charge is 0.254 e. The van der Waals surface area contributed by atoms with Crippen molar-refractivity contribution in [2.24, 2.45) is 5.92 Å². The highest BCUT2D eigenvalue weighted by Gasteiger charge is 2.19. The maximum Gasteiger partial charge on any atom is 0.254 e. The average Bonchev–Trinajstić information content (AvgIpc) is 2.36. The van der Waals surface area contributed by atoms with Gasteiger partial charge in [-0.1, -0.05) is 0 Å². The lowest BCUT2D eigenvalue weighted by molar-refractivity contribution is 0.0933. The fraction of sp³-hybridized carbons (Fsp3) is 0.500. The van der Waals surface area contributed by atoms with E-state index in [1.165, 1.54) is 12.1 Å². The summed E-state index contributed by atoms with van der Waals surface area (Å²) in [5.74, 6) is -0.880. The molecule has 1 aliphatic heterocycles. The molecule has 4 nitrogen and oxygen atoms in total. The number of amides is 1. The summed E-state index contributed by atoms with van der Waals surface area (Å²) in [5.41, 5.74) is -0.0260. The van der Waals surface area contributed by atoms with Crippen LogP contribution in [0.15, 0.2) is 18.2 Å². The van der Waals surface area contributed by atoms with Gasteiger partial charge in [-0.05, 0) is 44.5 Å². The van der Waals surface area contributed by atoms with Gasteiger partial charge >= 0.3 is 0 Å². The number of hydrogen-bond donors (Lipinski definition) is 2. The Morgan fingerprint density at radius 2 is 2.37 bits per heavy atom. The van der Waals surface area contributed by atoms with Crippen molar-refractivity contribution in [3.63, 3.8) is 0 Å². The van der Waals surface area contributed by atoms with Gasteiger partial charge in [-0.3, -0.25) is 4.79 Å². The minimum Gasteiger partial charge on any atom is -0.508 e. The second kappa shape index (κ2) is 6.02. The van der Waals surface area contributed by atoms with Crippen LogP contribution in [0.4, 0.5) is 4.39 Å². The number of rotatable bonds is 3. The minimum atomic E-state index is -0.696. The third kappa shape index (κ3) is 3.67. The topological polar surface area (TPSA) is 52.6 Å². The second-order valence-electron chi connectivity index (χ2n) is 5.14. The van der Waals surface area contributed by atoms with E-state index in [0.29, 0.717) is 12.5 Å². The number of benzene rings is 1. The number of phenols is 1. The van der Waals surface area contributed by atoms with Crippen LogP contribution >= 0.6 is 0 Å². The van der Waals surface area contributed by atoms with Crippen LogP contribution in [-0.2, 0) is 0 Å². The third-order valence-electron chi connectivity index (χ3n) is 3.47. The first-order chi connectivity index (χ1) is 9.06. The van der Waals surface area contributed by atoms with E-state index in [2.05, 4.69) is 17.3 Å². The highest BCUT2D eigenvalue weighted by Crippen LogP contribution is 2.16. The van der Waals surface area contributed by atoms with Crippen molar-refractivity contribution in [3.05, 3.63) is 29.6 Å². The zero-order chi connectivity index (χ0) is 13.8. The average molecular weight is 266 g/mol. The number of carbonyl (C=O) groups excluding carboxylic acids is 1. The molecule has 0 aliphatic carbocycles. The molecular weight excluding hydrogens is 247 g/mol. The van der Waals surface area contributed by atoms with Crippen molar-refractivity contribution < 1.29 is 14.3 Å². The van der Waals surface area contributed by atoms with Crippen LogP contribution in [-0.4, -0.2) is 42.6 Å². The van der Waals surface area contributed by atoms with Crippen LogP contribution in [0.2, 0.25) is 0 Å². The van der Waals surface area contributed by atoms with Gasteiger partial charge in [0.05, 0.1) is 5.56 Å². The van der Waals surface area contributed by atoms with E-state index in [-0.39, 0.29) is 11.3 Å². The zero-order valence-electron chi connectivity index (χ0n) is 11.0. The maximum absolute atomic E-state index is 13.5. The molecule has 19 heavy (non-hydrogen) atoms. The van der Waals surface area contributed by atoms with E-state index in [1.807, 2.05) is 0 Å². The van der Waals surface area contributed by atoms with Crippen molar-refractivity contribution >= 4 is 5.91 Å². The molecule has 1 heterocycles. The lowest BCUT2D eigenvalue weighted by Crippen LogP contribution is -2.39. The molecule has 0 aromatic heterocycles. The van der Waals surface area contributed by atoms with Gasteiger partial charge in [0.15, 0.2) is 0 Å². The van der Waals surface area contributed by atoms with E-state index in [4.69, 9.17) is 5.11 Å². The summed E-state index contributed by atoms with van der Waals surface area (Å²) in [5, 5.41) is 11.9. The number of aromatic hydroxyl groups is 1. The van der Waals surface area contributed by atoms with Crippen molar-refractivity contribution in [2.75, 3.05) is 26.7 Å². The van der Waals surface area contributed by atoms with Gasteiger partial charge in [0.1, 0.15) is 11.6 Å². The van der Waals surface area contributed by atoms with Crippen LogP contribution in [0.1, 0.15) is 23.2 Å². The Morgan fingerprint density at radius 3 is 3.05 bits per heavy atom. The fourth-order valence-corrected chi connectivity index (χ4v) is 2.46. The minimum absolute atomic E-state index is 0.0260. The summed E-state index contributed by atoms with van der Waals surface area (Å²) < 4.78 is 13.5. The number of piperidine rings is 1. The Hall–Kier alpha value is -1.62. The van der Waals surface area contributed by atoms with E-state index in [9.17, 15) is 9.18 Å². The van der Waals surface area contributed by atoms with Gasteiger partial charge in [0.2, 0.25) is 0 Å². The van der Waals surface area contributed by atoms with Crippen molar-refractivity contribution in [2.45, 2.75) is 12.8 Å². The molecule has 1 aromatic carbocycles. The van der Waals surface area contributed by atoms with Crippen LogP contribution in [0.3, 0.4) is 0 Å². The quantitative estimate of drug-likeness (QED) is 0.874. The molecule has 1 fully saturated rings. The molecule has 1 atom stereocenters. The number of phenolic OH excluding ortho intramolecular Hbond substituents is 1. The Labute approximate surface area is 112 Å². The molecule has 1 saturated heterocycles. The lowest BCUT2D eigenvalue weighted by atomic mass is 9.98. The summed E-state index contributed by atoms with van der Waals surface area (Å²) in [6.45, 7) is 2.61. The lowest BCUT2D eigenvalue weighted by Gasteiger charge is -2.29. The van der Waals surface area contributed by atoms with Crippen LogP contribution in [0, 0.1) is 11.7 Å². The monoisotopic (exact) mass is 266 g/mol. The number of nitrogens with one attached hydrogen (secondary N) is 1. The van der Waals surface area contributed by atoms with E-state index >= 15 is 0 Å². The first-order valence-electron chi connectivity index (χ1n) is 6.51. The molecule has 2 N–H and O–H groups in total. The highest BCUT2D eigenvalue weighted by atomic mass is 19.1. The number of likely N-dealkylation sites (tertiary alicyclic amines) is 1. The molecule has 0 bridgehead atoms. The molecular formula is C14H19FN2O2. The van der Waals surface area contributed by atoms with Crippen LogP contribution in [0.25, 0.3) is 0 Å². The van der Waals surface area contributed by atoms with Gasteiger partial charge in [-0.15, -0.1) is 0 Å². The first-order valence-corrected chi connectivity index (χ1v) is 6.51. The molecule has 5 heteroatoms. The first kappa shape index (κ1) is 13.8. The molecule has 104 valence electrons. The van der Waals surface area contributed by atoms with Crippen LogP contribution in [0.5, 0.6) is 5.75 Å². The van der Waals surface area contributed by atoms with Crippen LogP contribution < -0.4 is 5.32 Å². The molecule has 1 aliphatic rings. The Bertz CT molecular complexity index is 465. The fourth-order valence-electron chi connectivity index (χ4n) is 2.46. The molecule has 1 aromatic rings. The zero-order valence-corrected chi connectivity index (χ0v) is 11.0. The van der Waals surface area contributed by atoms with Gasteiger partial charge in [-0.25, -0.2) is 4.39 Å². The summed E-state index contributed by atoms with van der Waals surface area (Å²) in [4.78, 5) is 14.1. The Morgan fingerprint density at radius 1 is 1.58 bits per heavy atom. The van der Waals surface area contributed by atoms with Gasteiger partial charge in [0, 0.05) is 19.2 Å². The summed E-state index contributed by atoms with van der Waals surface area (Å²) in [7, 11) is 2.06.